The summed E-state index contributed by atoms with van der Waals surface area (Å²) >= 11 is 0. The third kappa shape index (κ3) is 3.00. The maximum absolute atomic E-state index is 11.0. The highest BCUT2D eigenvalue weighted by molar-refractivity contribution is 8.05. The van der Waals surface area contributed by atoms with Crippen molar-refractivity contribution in [3.05, 3.63) is 12.7 Å². The van der Waals surface area contributed by atoms with Crippen molar-refractivity contribution in [2.24, 2.45) is 0 Å². The summed E-state index contributed by atoms with van der Waals surface area (Å²) in [5.41, 5.74) is 0. The van der Waals surface area contributed by atoms with Gasteiger partial charge in [0.25, 0.3) is 20.2 Å². The number of rotatable bonds is 5. The fraction of sp³-hybridized carbons (Fsp3) is 0.333. The van der Waals surface area contributed by atoms with Gasteiger partial charge in [-0.25, -0.2) is 0 Å². The minimum absolute atomic E-state index is 0.108. The second-order valence-corrected chi connectivity index (χ2v) is 7.88. The fourth-order valence-electron chi connectivity index (χ4n) is 0.570. The molecule has 0 saturated carbocycles. The monoisotopic (exact) mass is 262 g/mol. The highest BCUT2D eigenvalue weighted by Gasteiger charge is 2.34. The van der Waals surface area contributed by atoms with Gasteiger partial charge in [0.1, 0.15) is 0 Å². The number of hydrogen-bond donors (Lipinski definition) is 0. The van der Waals surface area contributed by atoms with Crippen molar-refractivity contribution in [3.63, 3.8) is 0 Å². The van der Waals surface area contributed by atoms with Gasteiger partial charge in [0.15, 0.2) is 21.0 Å². The Bertz CT molecular complexity index is 335. The van der Waals surface area contributed by atoms with Crippen LogP contribution in [0.1, 0.15) is 0 Å². The van der Waals surface area contributed by atoms with Gasteiger partial charge in [-0.2, -0.15) is 16.8 Å². The van der Waals surface area contributed by atoms with E-state index in [1.54, 1.807) is 0 Å². The first kappa shape index (κ1) is 13.0. The van der Waals surface area contributed by atoms with Crippen LogP contribution in [-0.2, 0) is 28.0 Å². The summed E-state index contributed by atoms with van der Waals surface area (Å²) in [6, 6.07) is 0. The predicted octanol–water partition coefficient (Wildman–Crippen LogP) is -3.25. The Hall–Kier alpha value is -0.00623. The second-order valence-electron chi connectivity index (χ2n) is 1.92. The van der Waals surface area contributed by atoms with Gasteiger partial charge < -0.3 is 7.74 Å². The molecule has 0 atom stereocenters. The molecule has 0 bridgehead atoms. The van der Waals surface area contributed by atoms with Crippen molar-refractivity contribution >= 4 is 41.2 Å². The predicted molar refractivity (Wildman–Crippen MR) is 53.9 cm³/mol. The molecule has 0 N–H and O–H groups in total. The van der Waals surface area contributed by atoms with Gasteiger partial charge in [0.2, 0.25) is 4.58 Å². The first-order chi connectivity index (χ1) is 5.81. The van der Waals surface area contributed by atoms with Crippen molar-refractivity contribution in [1.29, 1.82) is 0 Å². The lowest BCUT2D eigenvalue weighted by molar-refractivity contribution is 0.487. The van der Waals surface area contributed by atoms with Crippen LogP contribution in [0.3, 0.4) is 0 Å². The molecule has 0 aliphatic rings. The largest absolute Gasteiger partial charge is 0.326 e. The van der Waals surface area contributed by atoms with E-state index in [-0.39, 0.29) is 21.0 Å². The normalized spacial score (nSPS) is 15.7. The Labute approximate surface area is 83.3 Å². The van der Waals surface area contributed by atoms with E-state index in [0.29, 0.717) is 0 Å². The van der Waals surface area contributed by atoms with Gasteiger partial charge in [-0.15, -0.1) is 6.58 Å². The van der Waals surface area contributed by atoms with Gasteiger partial charge >= 0.3 is 0 Å². The Morgan fingerprint density at radius 3 is 1.54 bits per heavy atom. The van der Waals surface area contributed by atoms with E-state index in [2.05, 4.69) is 14.3 Å². The molecular formula is C3H10O6S2Si2. The van der Waals surface area contributed by atoms with Crippen LogP contribution in [0.2, 0.25) is 0 Å². The SMILES string of the molecule is C=CC(S(=O)(=O)O[SiH3])S(=O)(=O)O[SiH3]. The Morgan fingerprint density at radius 2 is 1.38 bits per heavy atom. The van der Waals surface area contributed by atoms with Crippen LogP contribution in [0.5, 0.6) is 0 Å². The Morgan fingerprint density at radius 1 is 1.08 bits per heavy atom. The summed E-state index contributed by atoms with van der Waals surface area (Å²) < 4.78 is 50.7. The molecule has 0 spiro atoms. The average molecular weight is 262 g/mol. The van der Waals surface area contributed by atoms with E-state index in [1.807, 2.05) is 0 Å². The first-order valence-corrected chi connectivity index (χ1v) is 7.61. The molecule has 0 aromatic carbocycles. The van der Waals surface area contributed by atoms with Gasteiger partial charge in [-0.3, -0.25) is 0 Å². The highest BCUT2D eigenvalue weighted by atomic mass is 32.3. The molecule has 0 unspecified atom stereocenters. The second kappa shape index (κ2) is 4.48. The van der Waals surface area contributed by atoms with Crippen LogP contribution in [0.15, 0.2) is 12.7 Å². The average Bonchev–Trinajstić information content (AvgIpc) is 2.05. The van der Waals surface area contributed by atoms with Crippen LogP contribution in [-0.4, -0.2) is 42.4 Å². The molecular weight excluding hydrogens is 252 g/mol. The molecule has 0 heterocycles. The zero-order chi connectivity index (χ0) is 10.7. The summed E-state index contributed by atoms with van der Waals surface area (Å²) in [6.45, 7) is 3.10. The lowest BCUT2D eigenvalue weighted by atomic mass is 10.8. The minimum Gasteiger partial charge on any atom is -0.326 e. The van der Waals surface area contributed by atoms with Crippen molar-refractivity contribution in [1.82, 2.24) is 0 Å². The van der Waals surface area contributed by atoms with E-state index in [9.17, 15) is 16.8 Å². The molecule has 0 rings (SSSR count). The molecule has 0 aliphatic carbocycles. The lowest BCUT2D eigenvalue weighted by Gasteiger charge is -2.11. The van der Waals surface area contributed by atoms with Gasteiger partial charge in [-0.05, 0) is 0 Å². The Kier molecular flexibility index (Phi) is 4.48. The molecule has 0 saturated heterocycles. The molecule has 10 heteroatoms. The third-order valence-corrected chi connectivity index (χ3v) is 7.88. The maximum atomic E-state index is 11.0. The highest BCUT2D eigenvalue weighted by Crippen LogP contribution is 2.12. The van der Waals surface area contributed by atoms with Crippen molar-refractivity contribution in [2.45, 2.75) is 4.58 Å². The molecule has 13 heavy (non-hydrogen) atoms. The van der Waals surface area contributed by atoms with E-state index < -0.39 is 24.8 Å². The molecule has 6 nitrogen and oxygen atoms in total. The first-order valence-electron chi connectivity index (χ1n) is 3.03. The molecule has 0 aromatic heterocycles. The van der Waals surface area contributed by atoms with Crippen LogP contribution >= 0.6 is 0 Å². The zero-order valence-corrected chi connectivity index (χ0v) is 12.8. The molecule has 0 fully saturated rings. The summed E-state index contributed by atoms with van der Waals surface area (Å²) in [7, 11) is -8.47. The smallest absolute Gasteiger partial charge is 0.280 e. The lowest BCUT2D eigenvalue weighted by Crippen LogP contribution is -2.30. The molecule has 0 amide bonds. The quantitative estimate of drug-likeness (QED) is 0.382. The standard InChI is InChI=1S/C3H10O6S2Si2/c1-2-3(10(4,5)8-12)11(6,7)9-13/h2-3H,1H2,12-13H3. The van der Waals surface area contributed by atoms with E-state index >= 15 is 0 Å². The van der Waals surface area contributed by atoms with E-state index in [0.717, 1.165) is 6.08 Å². The summed E-state index contributed by atoms with van der Waals surface area (Å²) in [6.07, 6.45) is 0.764. The topological polar surface area (TPSA) is 86.7 Å². The summed E-state index contributed by atoms with van der Waals surface area (Å²) in [4.78, 5) is 0. The fourth-order valence-corrected chi connectivity index (χ4v) is 5.13. The maximum Gasteiger partial charge on any atom is 0.280 e. The van der Waals surface area contributed by atoms with E-state index in [1.165, 1.54) is 0 Å². The molecule has 0 aromatic rings. The molecule has 0 radical (unpaired) electrons. The van der Waals surface area contributed by atoms with Crippen molar-refractivity contribution in [3.8, 4) is 0 Å². The van der Waals surface area contributed by atoms with Crippen LogP contribution in [0.4, 0.5) is 0 Å². The van der Waals surface area contributed by atoms with Gasteiger partial charge in [0, 0.05) is 0 Å². The summed E-state index contributed by atoms with van der Waals surface area (Å²) in [5.74, 6) is 0. The van der Waals surface area contributed by atoms with Crippen molar-refractivity contribution < 1.29 is 24.6 Å². The minimum atomic E-state index is -4.13. The van der Waals surface area contributed by atoms with Gasteiger partial charge in [0.05, 0.1) is 0 Å². The van der Waals surface area contributed by atoms with Crippen LogP contribution in [0, 0.1) is 0 Å². The van der Waals surface area contributed by atoms with Crippen LogP contribution < -0.4 is 0 Å². The van der Waals surface area contributed by atoms with Crippen molar-refractivity contribution in [2.75, 3.05) is 0 Å². The van der Waals surface area contributed by atoms with Gasteiger partial charge in [-0.1, -0.05) is 6.08 Å². The molecule has 0 aliphatic heterocycles. The number of hydrogen-bond acceptors (Lipinski definition) is 6. The van der Waals surface area contributed by atoms with Crippen LogP contribution in [0.25, 0.3) is 0 Å². The van der Waals surface area contributed by atoms with E-state index in [4.69, 9.17) is 0 Å². The molecule has 78 valence electrons. The summed E-state index contributed by atoms with van der Waals surface area (Å²) in [5, 5.41) is 0. The third-order valence-electron chi connectivity index (χ3n) is 1.23. The zero-order valence-electron chi connectivity index (χ0n) is 7.13. The Balaban J connectivity index is 5.30.